The van der Waals surface area contributed by atoms with Crippen molar-refractivity contribution in [2.45, 2.75) is 0 Å². The molecule has 0 atom stereocenters. The van der Waals surface area contributed by atoms with Crippen molar-refractivity contribution < 1.29 is 14.6 Å². The van der Waals surface area contributed by atoms with Crippen molar-refractivity contribution in [3.05, 3.63) is 64.6 Å². The predicted octanol–water partition coefficient (Wildman–Crippen LogP) is 3.64. The fraction of sp³-hybridized carbons (Fsp3) is 0.0556. The Morgan fingerprint density at radius 1 is 1.20 bits per heavy atom. The Kier molecular flexibility index (Phi) is 5.16. The summed E-state index contributed by atoms with van der Waals surface area (Å²) >= 11 is 6.43. The van der Waals surface area contributed by atoms with Crippen LogP contribution in [0.25, 0.3) is 6.08 Å². The minimum atomic E-state index is -0.283. The van der Waals surface area contributed by atoms with Crippen LogP contribution in [0.1, 0.15) is 11.1 Å². The maximum Gasteiger partial charge on any atom is 0.286 e. The predicted molar refractivity (Wildman–Crippen MR) is 104 cm³/mol. The van der Waals surface area contributed by atoms with Gasteiger partial charge in [-0.1, -0.05) is 48.2 Å². The van der Waals surface area contributed by atoms with Crippen molar-refractivity contribution in [3.8, 4) is 11.5 Å². The Balaban J connectivity index is 1.82. The molecule has 25 heavy (non-hydrogen) atoms. The maximum absolute atomic E-state index is 12.5. The van der Waals surface area contributed by atoms with Crippen molar-refractivity contribution in [1.29, 1.82) is 0 Å². The van der Waals surface area contributed by atoms with E-state index in [0.29, 0.717) is 15.0 Å². The highest BCUT2D eigenvalue weighted by atomic mass is 32.2. The van der Waals surface area contributed by atoms with Gasteiger partial charge in [0, 0.05) is 0 Å². The monoisotopic (exact) mass is 370 g/mol. The molecule has 0 saturated carbocycles. The van der Waals surface area contributed by atoms with Crippen LogP contribution >= 0.6 is 24.0 Å². The van der Waals surface area contributed by atoms with E-state index in [1.54, 1.807) is 24.4 Å². The van der Waals surface area contributed by atoms with E-state index in [-0.39, 0.29) is 11.7 Å². The number of phenols is 1. The van der Waals surface area contributed by atoms with Crippen LogP contribution in [0.15, 0.2) is 58.5 Å². The summed E-state index contributed by atoms with van der Waals surface area (Å²) < 4.78 is 5.45. The molecule has 0 unspecified atom stereocenters. The molecule has 1 amide bonds. The minimum absolute atomic E-state index is 0.0414. The van der Waals surface area contributed by atoms with E-state index < -0.39 is 0 Å². The van der Waals surface area contributed by atoms with Crippen LogP contribution in [-0.4, -0.2) is 33.7 Å². The van der Waals surface area contributed by atoms with E-state index >= 15 is 0 Å². The van der Waals surface area contributed by atoms with E-state index in [0.717, 1.165) is 11.1 Å². The number of amides is 1. The average molecular weight is 370 g/mol. The van der Waals surface area contributed by atoms with Gasteiger partial charge in [-0.05, 0) is 41.6 Å². The number of hydrogen-bond donors (Lipinski definition) is 1. The molecule has 2 aromatic rings. The van der Waals surface area contributed by atoms with Crippen LogP contribution in [0.3, 0.4) is 0 Å². The number of methoxy groups -OCH3 is 1. The maximum atomic E-state index is 12.5. The molecule has 1 aliphatic heterocycles. The highest BCUT2D eigenvalue weighted by Crippen LogP contribution is 2.34. The smallest absolute Gasteiger partial charge is 0.286 e. The zero-order valence-corrected chi connectivity index (χ0v) is 14.9. The molecule has 1 aliphatic rings. The highest BCUT2D eigenvalue weighted by Gasteiger charge is 2.32. The van der Waals surface area contributed by atoms with Gasteiger partial charge in [0.25, 0.3) is 5.91 Å². The largest absolute Gasteiger partial charge is 0.504 e. The molecule has 0 bridgehead atoms. The Morgan fingerprint density at radius 2 is 1.96 bits per heavy atom. The van der Waals surface area contributed by atoms with Crippen molar-refractivity contribution in [3.63, 3.8) is 0 Å². The second-order valence-electron chi connectivity index (χ2n) is 5.08. The van der Waals surface area contributed by atoms with Gasteiger partial charge in [-0.2, -0.15) is 10.1 Å². The van der Waals surface area contributed by atoms with Gasteiger partial charge in [0.1, 0.15) is 0 Å². The summed E-state index contributed by atoms with van der Waals surface area (Å²) in [7, 11) is 1.47. The molecule has 7 heteroatoms. The number of hydrogen-bond acceptors (Lipinski definition) is 6. The first-order chi connectivity index (χ1) is 12.1. The first kappa shape index (κ1) is 17.2. The second kappa shape index (κ2) is 7.50. The third kappa shape index (κ3) is 3.89. The molecule has 1 heterocycles. The first-order valence-corrected chi connectivity index (χ1v) is 8.55. The minimum Gasteiger partial charge on any atom is -0.504 e. The number of benzene rings is 2. The summed E-state index contributed by atoms with van der Waals surface area (Å²) in [5.41, 5.74) is 1.60. The van der Waals surface area contributed by atoms with Crippen LogP contribution in [-0.2, 0) is 4.79 Å². The van der Waals surface area contributed by atoms with Gasteiger partial charge in [-0.15, -0.1) is 0 Å². The number of carbonyl (C=O) groups is 1. The molecule has 5 nitrogen and oxygen atoms in total. The molecule has 1 N–H and O–H groups in total. The lowest BCUT2D eigenvalue weighted by molar-refractivity contribution is -0.122. The molecule has 126 valence electrons. The van der Waals surface area contributed by atoms with E-state index in [1.807, 2.05) is 30.3 Å². The number of aromatic hydroxyl groups is 1. The van der Waals surface area contributed by atoms with Gasteiger partial charge in [0.2, 0.25) is 0 Å². The van der Waals surface area contributed by atoms with E-state index in [9.17, 15) is 9.90 Å². The Morgan fingerprint density at radius 3 is 2.68 bits per heavy atom. The van der Waals surface area contributed by atoms with Gasteiger partial charge in [-0.25, -0.2) is 0 Å². The molecule has 1 saturated heterocycles. The van der Waals surface area contributed by atoms with Crippen LogP contribution in [0.2, 0.25) is 0 Å². The fourth-order valence-corrected chi connectivity index (χ4v) is 3.33. The second-order valence-corrected chi connectivity index (χ2v) is 6.76. The highest BCUT2D eigenvalue weighted by molar-refractivity contribution is 8.26. The van der Waals surface area contributed by atoms with E-state index in [4.69, 9.17) is 17.0 Å². The van der Waals surface area contributed by atoms with Crippen molar-refractivity contribution >= 4 is 46.5 Å². The van der Waals surface area contributed by atoms with Crippen LogP contribution < -0.4 is 4.74 Å². The van der Waals surface area contributed by atoms with Gasteiger partial charge in [0.15, 0.2) is 15.8 Å². The number of hydrazone groups is 1. The molecule has 0 aromatic heterocycles. The molecule has 2 aromatic carbocycles. The van der Waals surface area contributed by atoms with Crippen LogP contribution in [0, 0.1) is 0 Å². The summed E-state index contributed by atoms with van der Waals surface area (Å²) in [6.45, 7) is 0. The number of ether oxygens (including phenoxy) is 1. The van der Waals surface area contributed by atoms with Gasteiger partial charge >= 0.3 is 0 Å². The lowest BCUT2D eigenvalue weighted by Gasteiger charge is -2.06. The Bertz CT molecular complexity index is 879. The number of rotatable bonds is 4. The summed E-state index contributed by atoms with van der Waals surface area (Å²) in [6, 6.07) is 14.3. The van der Waals surface area contributed by atoms with Crippen molar-refractivity contribution in [1.82, 2.24) is 5.01 Å². The normalized spacial score (nSPS) is 16.2. The zero-order chi connectivity index (χ0) is 17.8. The van der Waals surface area contributed by atoms with Crippen LogP contribution in [0.4, 0.5) is 0 Å². The van der Waals surface area contributed by atoms with Gasteiger partial charge in [0.05, 0.1) is 18.2 Å². The van der Waals surface area contributed by atoms with Crippen LogP contribution in [0.5, 0.6) is 11.5 Å². The quantitative estimate of drug-likeness (QED) is 0.506. The van der Waals surface area contributed by atoms with Gasteiger partial charge < -0.3 is 9.84 Å². The average Bonchev–Trinajstić information content (AvgIpc) is 2.89. The molecule has 3 rings (SSSR count). The number of thioether (sulfide) groups is 1. The molecule has 0 radical (unpaired) electrons. The SMILES string of the molecule is COc1cc(/C=C2/SC(=S)N(/N=C/c3ccccc3)C2=O)ccc1O. The van der Waals surface area contributed by atoms with E-state index in [1.165, 1.54) is 29.9 Å². The summed E-state index contributed by atoms with van der Waals surface area (Å²) in [6.07, 6.45) is 3.29. The van der Waals surface area contributed by atoms with Crippen molar-refractivity contribution in [2.75, 3.05) is 7.11 Å². The molecular weight excluding hydrogens is 356 g/mol. The van der Waals surface area contributed by atoms with Crippen molar-refractivity contribution in [2.24, 2.45) is 5.10 Å². The lowest BCUT2D eigenvalue weighted by Crippen LogP contribution is -2.22. The zero-order valence-electron chi connectivity index (χ0n) is 13.2. The Labute approximate surface area is 154 Å². The third-order valence-corrected chi connectivity index (χ3v) is 4.68. The fourth-order valence-electron chi connectivity index (χ4n) is 2.16. The summed E-state index contributed by atoms with van der Waals surface area (Å²) in [4.78, 5) is 13.0. The standard InChI is InChI=1S/C18H14N2O3S2/c1-23-15-9-13(7-8-14(15)21)10-16-17(22)20(18(24)25-16)19-11-12-5-3-2-4-6-12/h2-11,21H,1H3/b16-10+,19-11+. The third-order valence-electron chi connectivity index (χ3n) is 3.40. The topological polar surface area (TPSA) is 62.1 Å². The first-order valence-electron chi connectivity index (χ1n) is 7.32. The Hall–Kier alpha value is -2.64. The lowest BCUT2D eigenvalue weighted by atomic mass is 10.2. The number of carbonyl (C=O) groups excluding carboxylic acids is 1. The molecule has 0 spiro atoms. The summed E-state index contributed by atoms with van der Waals surface area (Å²) in [5, 5.41) is 15.0. The summed E-state index contributed by atoms with van der Waals surface area (Å²) in [5.74, 6) is 0.0974. The number of nitrogens with zero attached hydrogens (tertiary/aromatic N) is 2. The van der Waals surface area contributed by atoms with E-state index in [2.05, 4.69) is 5.10 Å². The molecular formula is C18H14N2O3S2. The molecule has 0 aliphatic carbocycles. The molecule has 1 fully saturated rings. The van der Waals surface area contributed by atoms with Gasteiger partial charge in [-0.3, -0.25) is 4.79 Å². The number of thiocarbonyl (C=S) groups is 1. The number of phenolic OH excluding ortho intramolecular Hbond substituents is 1.